The van der Waals surface area contributed by atoms with Crippen molar-refractivity contribution in [2.45, 2.75) is 6.92 Å². The minimum atomic E-state index is 0.664. The number of nitrogens with zero attached hydrogens (tertiary/aromatic N) is 2. The second kappa shape index (κ2) is 3.93. The van der Waals surface area contributed by atoms with Crippen molar-refractivity contribution in [2.24, 2.45) is 0 Å². The number of benzene rings is 1. The van der Waals surface area contributed by atoms with Crippen LogP contribution in [-0.2, 0) is 0 Å². The van der Waals surface area contributed by atoms with Crippen LogP contribution in [0.1, 0.15) is 11.1 Å². The fourth-order valence-corrected chi connectivity index (χ4v) is 1.52. The monoisotopic (exact) mass is 194 g/mol. The van der Waals surface area contributed by atoms with E-state index in [0.29, 0.717) is 5.56 Å². The van der Waals surface area contributed by atoms with E-state index in [0.717, 1.165) is 16.8 Å². The minimum absolute atomic E-state index is 0.664. The number of nitriles is 1. The summed E-state index contributed by atoms with van der Waals surface area (Å²) in [5.74, 6) is 0. The lowest BCUT2D eigenvalue weighted by molar-refractivity contribution is 1.27. The van der Waals surface area contributed by atoms with Crippen LogP contribution in [0, 0.1) is 18.3 Å². The van der Waals surface area contributed by atoms with Gasteiger partial charge in [0.2, 0.25) is 0 Å². The zero-order chi connectivity index (χ0) is 10.7. The topological polar surface area (TPSA) is 36.7 Å². The molecule has 0 unspecified atom stereocenters. The molecule has 72 valence electrons. The number of hydrogen-bond acceptors (Lipinski definition) is 2. The zero-order valence-corrected chi connectivity index (χ0v) is 8.44. The second-order valence-corrected chi connectivity index (χ2v) is 3.36. The molecule has 0 aliphatic rings. The van der Waals surface area contributed by atoms with Crippen LogP contribution in [0.5, 0.6) is 0 Å². The molecule has 0 fully saturated rings. The Bertz CT molecular complexity index is 524. The lowest BCUT2D eigenvalue weighted by atomic mass is 10.0. The van der Waals surface area contributed by atoms with E-state index in [1.165, 1.54) is 0 Å². The van der Waals surface area contributed by atoms with E-state index >= 15 is 0 Å². The van der Waals surface area contributed by atoms with Gasteiger partial charge in [0.05, 0.1) is 17.3 Å². The highest BCUT2D eigenvalue weighted by Crippen LogP contribution is 2.20. The van der Waals surface area contributed by atoms with E-state index in [2.05, 4.69) is 11.1 Å². The molecule has 1 aromatic carbocycles. The number of aryl methyl sites for hydroxylation is 1. The van der Waals surface area contributed by atoms with Gasteiger partial charge in [-0.15, -0.1) is 0 Å². The van der Waals surface area contributed by atoms with Crippen LogP contribution in [-0.4, -0.2) is 4.98 Å². The number of pyridine rings is 1. The molecule has 2 aromatic rings. The van der Waals surface area contributed by atoms with Gasteiger partial charge < -0.3 is 0 Å². The van der Waals surface area contributed by atoms with Gasteiger partial charge in [-0.25, -0.2) is 0 Å². The number of aromatic nitrogens is 1. The van der Waals surface area contributed by atoms with Crippen molar-refractivity contribution < 1.29 is 0 Å². The van der Waals surface area contributed by atoms with Crippen molar-refractivity contribution in [3.63, 3.8) is 0 Å². The van der Waals surface area contributed by atoms with Crippen molar-refractivity contribution in [2.75, 3.05) is 0 Å². The van der Waals surface area contributed by atoms with Crippen LogP contribution in [0.4, 0.5) is 0 Å². The van der Waals surface area contributed by atoms with E-state index < -0.39 is 0 Å². The smallest absolute Gasteiger partial charge is 0.0991 e. The predicted molar refractivity (Wildman–Crippen MR) is 59.1 cm³/mol. The van der Waals surface area contributed by atoms with Gasteiger partial charge in [-0.3, -0.25) is 4.98 Å². The molecule has 2 heteroatoms. The van der Waals surface area contributed by atoms with Crippen LogP contribution in [0.3, 0.4) is 0 Å². The molecular weight excluding hydrogens is 184 g/mol. The molecule has 2 rings (SSSR count). The standard InChI is InChI=1S/C13H10N2/c1-10-4-3-7-15-13(10)12-6-2-5-11(8-12)9-14/h2-8H,1H3. The van der Waals surface area contributed by atoms with Crippen LogP contribution in [0.2, 0.25) is 0 Å². The lowest BCUT2D eigenvalue weighted by Crippen LogP contribution is -1.87. The Balaban J connectivity index is 2.55. The van der Waals surface area contributed by atoms with Gasteiger partial charge in [-0.2, -0.15) is 5.26 Å². The third kappa shape index (κ3) is 1.87. The fourth-order valence-electron chi connectivity index (χ4n) is 1.52. The molecule has 1 aromatic heterocycles. The van der Waals surface area contributed by atoms with Crippen LogP contribution in [0.25, 0.3) is 11.3 Å². The maximum atomic E-state index is 8.81. The quantitative estimate of drug-likeness (QED) is 0.699. The van der Waals surface area contributed by atoms with Crippen LogP contribution in [0.15, 0.2) is 42.6 Å². The molecule has 0 saturated carbocycles. The molecule has 0 saturated heterocycles. The molecule has 0 aliphatic heterocycles. The highest BCUT2D eigenvalue weighted by atomic mass is 14.7. The van der Waals surface area contributed by atoms with Gasteiger partial charge in [-0.1, -0.05) is 18.2 Å². The maximum absolute atomic E-state index is 8.81. The summed E-state index contributed by atoms with van der Waals surface area (Å²) < 4.78 is 0. The van der Waals surface area contributed by atoms with Crippen LogP contribution < -0.4 is 0 Å². The third-order valence-electron chi connectivity index (χ3n) is 2.27. The normalized spacial score (nSPS) is 9.60. The first kappa shape index (κ1) is 9.42. The van der Waals surface area contributed by atoms with E-state index in [1.807, 2.05) is 37.3 Å². The van der Waals surface area contributed by atoms with E-state index in [9.17, 15) is 0 Å². The molecule has 1 heterocycles. The van der Waals surface area contributed by atoms with Crippen LogP contribution >= 0.6 is 0 Å². The van der Waals surface area contributed by atoms with Crippen molar-refractivity contribution >= 4 is 0 Å². The zero-order valence-electron chi connectivity index (χ0n) is 8.44. The summed E-state index contributed by atoms with van der Waals surface area (Å²) in [7, 11) is 0. The lowest BCUT2D eigenvalue weighted by Gasteiger charge is -2.03. The number of rotatable bonds is 1. The molecule has 0 bridgehead atoms. The van der Waals surface area contributed by atoms with Crippen molar-refractivity contribution in [3.05, 3.63) is 53.7 Å². The molecule has 0 radical (unpaired) electrons. The molecule has 2 nitrogen and oxygen atoms in total. The Kier molecular flexibility index (Phi) is 2.47. The summed E-state index contributed by atoms with van der Waals surface area (Å²) in [4.78, 5) is 4.31. The first-order valence-electron chi connectivity index (χ1n) is 4.73. The molecular formula is C13H10N2. The SMILES string of the molecule is Cc1cccnc1-c1cccc(C#N)c1. The summed E-state index contributed by atoms with van der Waals surface area (Å²) in [6.45, 7) is 2.02. The van der Waals surface area contributed by atoms with Gasteiger partial charge in [0.25, 0.3) is 0 Å². The molecule has 0 spiro atoms. The Hall–Kier alpha value is -2.14. The highest BCUT2D eigenvalue weighted by Gasteiger charge is 2.02. The average molecular weight is 194 g/mol. The average Bonchev–Trinajstić information content (AvgIpc) is 2.30. The Labute approximate surface area is 88.8 Å². The van der Waals surface area contributed by atoms with Crippen molar-refractivity contribution in [3.8, 4) is 17.3 Å². The first-order valence-corrected chi connectivity index (χ1v) is 4.73. The number of hydrogen-bond donors (Lipinski definition) is 0. The molecule has 0 amide bonds. The first-order chi connectivity index (χ1) is 7.31. The summed E-state index contributed by atoms with van der Waals surface area (Å²) in [5, 5.41) is 8.81. The van der Waals surface area contributed by atoms with E-state index in [4.69, 9.17) is 5.26 Å². The largest absolute Gasteiger partial charge is 0.256 e. The maximum Gasteiger partial charge on any atom is 0.0991 e. The van der Waals surface area contributed by atoms with Gasteiger partial charge in [0.1, 0.15) is 0 Å². The summed E-state index contributed by atoms with van der Waals surface area (Å²) in [6.07, 6.45) is 1.77. The van der Waals surface area contributed by atoms with Gasteiger partial charge >= 0.3 is 0 Å². The van der Waals surface area contributed by atoms with Gasteiger partial charge in [-0.05, 0) is 30.7 Å². The van der Waals surface area contributed by atoms with Crippen molar-refractivity contribution in [1.29, 1.82) is 5.26 Å². The van der Waals surface area contributed by atoms with Crippen molar-refractivity contribution in [1.82, 2.24) is 4.98 Å². The van der Waals surface area contributed by atoms with Gasteiger partial charge in [0.15, 0.2) is 0 Å². The Morgan fingerprint density at radius 3 is 2.80 bits per heavy atom. The third-order valence-corrected chi connectivity index (χ3v) is 2.27. The second-order valence-electron chi connectivity index (χ2n) is 3.36. The molecule has 0 N–H and O–H groups in total. The van der Waals surface area contributed by atoms with E-state index in [1.54, 1.807) is 12.3 Å². The van der Waals surface area contributed by atoms with E-state index in [-0.39, 0.29) is 0 Å². The molecule has 15 heavy (non-hydrogen) atoms. The summed E-state index contributed by atoms with van der Waals surface area (Å²) >= 11 is 0. The van der Waals surface area contributed by atoms with Gasteiger partial charge in [0, 0.05) is 11.8 Å². The summed E-state index contributed by atoms with van der Waals surface area (Å²) in [6, 6.07) is 13.5. The minimum Gasteiger partial charge on any atom is -0.256 e. The Morgan fingerprint density at radius 2 is 2.07 bits per heavy atom. The predicted octanol–water partition coefficient (Wildman–Crippen LogP) is 2.93. The fraction of sp³-hybridized carbons (Fsp3) is 0.0769. The summed E-state index contributed by atoms with van der Waals surface area (Å²) in [5.41, 5.74) is 3.71. The Morgan fingerprint density at radius 1 is 1.20 bits per heavy atom. The molecule has 0 aliphatic carbocycles. The molecule has 0 atom stereocenters. The highest BCUT2D eigenvalue weighted by molar-refractivity contribution is 5.64.